The predicted octanol–water partition coefficient (Wildman–Crippen LogP) is 2.73. The first kappa shape index (κ1) is 23.1. The van der Waals surface area contributed by atoms with E-state index in [0.29, 0.717) is 18.9 Å². The number of nitrogens with zero attached hydrogens (tertiary/aromatic N) is 3. The number of likely N-dealkylation sites (tertiary alicyclic amines) is 2. The van der Waals surface area contributed by atoms with Crippen molar-refractivity contribution in [3.05, 3.63) is 29.8 Å². The lowest BCUT2D eigenvalue weighted by molar-refractivity contribution is -0.134. The first-order chi connectivity index (χ1) is 16.1. The lowest BCUT2D eigenvalue weighted by atomic mass is 9.86. The summed E-state index contributed by atoms with van der Waals surface area (Å²) < 4.78 is 5.58. The Morgan fingerprint density at radius 2 is 1.76 bits per heavy atom. The zero-order valence-corrected chi connectivity index (χ0v) is 20.5. The molecule has 184 valence electrons. The molecule has 1 aromatic rings. The van der Waals surface area contributed by atoms with E-state index in [1.54, 1.807) is 0 Å². The van der Waals surface area contributed by atoms with Crippen LogP contribution < -0.4 is 10.2 Å². The molecule has 34 heavy (non-hydrogen) atoms. The Kier molecular flexibility index (Phi) is 5.82. The van der Waals surface area contributed by atoms with Crippen LogP contribution in [0.25, 0.3) is 0 Å². The first-order valence-corrected chi connectivity index (χ1v) is 12.5. The topological polar surface area (TPSA) is 82.2 Å². The van der Waals surface area contributed by atoms with Gasteiger partial charge in [-0.2, -0.15) is 0 Å². The Morgan fingerprint density at radius 3 is 2.44 bits per heavy atom. The molecule has 4 fully saturated rings. The van der Waals surface area contributed by atoms with Gasteiger partial charge in [0.25, 0.3) is 0 Å². The van der Waals surface area contributed by atoms with Crippen LogP contribution in [0.4, 0.5) is 10.5 Å². The van der Waals surface area contributed by atoms with Crippen molar-refractivity contribution in [3.8, 4) is 0 Å². The van der Waals surface area contributed by atoms with E-state index in [1.165, 1.54) is 5.69 Å². The van der Waals surface area contributed by atoms with E-state index in [9.17, 15) is 14.4 Å². The third kappa shape index (κ3) is 4.65. The molecule has 3 amide bonds. The van der Waals surface area contributed by atoms with Gasteiger partial charge in [-0.15, -0.1) is 0 Å². The van der Waals surface area contributed by atoms with Gasteiger partial charge in [-0.3, -0.25) is 19.8 Å². The van der Waals surface area contributed by atoms with Crippen molar-refractivity contribution < 1.29 is 19.1 Å². The fourth-order valence-corrected chi connectivity index (χ4v) is 5.86. The van der Waals surface area contributed by atoms with E-state index in [-0.39, 0.29) is 29.2 Å². The van der Waals surface area contributed by atoms with Crippen LogP contribution in [0.3, 0.4) is 0 Å². The summed E-state index contributed by atoms with van der Waals surface area (Å²) in [6, 6.07) is 8.78. The van der Waals surface area contributed by atoms with E-state index in [1.807, 2.05) is 37.8 Å². The number of anilines is 1. The summed E-state index contributed by atoms with van der Waals surface area (Å²) in [7, 11) is 0. The second kappa shape index (κ2) is 8.56. The van der Waals surface area contributed by atoms with Gasteiger partial charge < -0.3 is 14.5 Å². The van der Waals surface area contributed by atoms with Crippen molar-refractivity contribution in [1.82, 2.24) is 15.1 Å². The van der Waals surface area contributed by atoms with Crippen LogP contribution in [0.15, 0.2) is 24.3 Å². The quantitative estimate of drug-likeness (QED) is 0.687. The third-order valence-corrected chi connectivity index (χ3v) is 7.84. The molecule has 0 aromatic heterocycles. The number of nitrogens with one attached hydrogen (secondary N) is 1. The van der Waals surface area contributed by atoms with Crippen LogP contribution in [0.5, 0.6) is 0 Å². The summed E-state index contributed by atoms with van der Waals surface area (Å²) >= 11 is 0. The molecule has 0 radical (unpaired) electrons. The maximum atomic E-state index is 12.5. The number of hydrogen-bond donors (Lipinski definition) is 1. The molecule has 8 heteroatoms. The number of amides is 3. The van der Waals surface area contributed by atoms with E-state index in [0.717, 1.165) is 57.7 Å². The Balaban J connectivity index is 1.11. The second-order valence-corrected chi connectivity index (χ2v) is 11.5. The molecular weight excluding hydrogens is 432 g/mol. The summed E-state index contributed by atoms with van der Waals surface area (Å²) in [5.41, 5.74) is 1.91. The first-order valence-electron chi connectivity index (χ1n) is 12.5. The van der Waals surface area contributed by atoms with Crippen LogP contribution >= 0.6 is 0 Å². The highest BCUT2D eigenvalue weighted by atomic mass is 16.6. The van der Waals surface area contributed by atoms with E-state index in [2.05, 4.69) is 27.2 Å². The van der Waals surface area contributed by atoms with Crippen LogP contribution in [-0.4, -0.2) is 78.6 Å². The summed E-state index contributed by atoms with van der Waals surface area (Å²) in [6.45, 7) is 11.5. The van der Waals surface area contributed by atoms with Gasteiger partial charge in [0.2, 0.25) is 11.8 Å². The standard InChI is InChI=1S/C26H36N4O4/c1-25(2,3)34-24(33)29-13-11-26(17-29)10-12-28(16-26)20-14-30(15-20)19-6-4-18(5-7-19)21-8-9-22(31)27-23(21)32/h4-7,20-21H,8-17H2,1-3H3,(H,27,31,32). The Morgan fingerprint density at radius 1 is 1.06 bits per heavy atom. The monoisotopic (exact) mass is 468 g/mol. The molecule has 4 saturated heterocycles. The van der Waals surface area contributed by atoms with Gasteiger partial charge in [0.05, 0.1) is 5.92 Å². The largest absolute Gasteiger partial charge is 0.444 e. The highest BCUT2D eigenvalue weighted by Gasteiger charge is 2.48. The molecule has 0 bridgehead atoms. The minimum absolute atomic E-state index is 0.177. The molecule has 4 heterocycles. The van der Waals surface area contributed by atoms with Gasteiger partial charge in [-0.25, -0.2) is 4.79 Å². The average molecular weight is 469 g/mol. The van der Waals surface area contributed by atoms with Gasteiger partial charge in [-0.1, -0.05) is 12.1 Å². The van der Waals surface area contributed by atoms with Gasteiger partial charge in [-0.05, 0) is 64.3 Å². The minimum atomic E-state index is -0.454. The number of carbonyl (C=O) groups excluding carboxylic acids is 3. The van der Waals surface area contributed by atoms with Crippen molar-refractivity contribution >= 4 is 23.6 Å². The molecule has 0 saturated carbocycles. The van der Waals surface area contributed by atoms with E-state index in [4.69, 9.17) is 4.74 Å². The molecule has 0 aliphatic carbocycles. The molecular formula is C26H36N4O4. The zero-order valence-electron chi connectivity index (χ0n) is 20.5. The van der Waals surface area contributed by atoms with Gasteiger partial charge in [0.1, 0.15) is 5.60 Å². The van der Waals surface area contributed by atoms with Crippen molar-refractivity contribution in [3.63, 3.8) is 0 Å². The highest BCUT2D eigenvalue weighted by molar-refractivity contribution is 6.00. The van der Waals surface area contributed by atoms with Crippen molar-refractivity contribution in [1.29, 1.82) is 0 Å². The number of ether oxygens (including phenoxy) is 1. The Labute approximate surface area is 201 Å². The van der Waals surface area contributed by atoms with Gasteiger partial charge >= 0.3 is 6.09 Å². The molecule has 5 rings (SSSR count). The second-order valence-electron chi connectivity index (χ2n) is 11.5. The third-order valence-electron chi connectivity index (χ3n) is 7.84. The SMILES string of the molecule is CC(C)(C)OC(=O)N1CCC2(CCN(C3CN(c4ccc(C5CCC(=O)NC5=O)cc4)C3)C2)C1. The normalized spacial score (nSPS) is 28.4. The average Bonchev–Trinajstić information content (AvgIpc) is 3.34. The van der Waals surface area contributed by atoms with Crippen LogP contribution in [0.2, 0.25) is 0 Å². The maximum absolute atomic E-state index is 12.5. The molecule has 8 nitrogen and oxygen atoms in total. The molecule has 1 aromatic carbocycles. The summed E-state index contributed by atoms with van der Waals surface area (Å²) in [5.74, 6) is -0.597. The molecule has 2 atom stereocenters. The molecule has 4 aliphatic heterocycles. The van der Waals surface area contributed by atoms with Crippen molar-refractivity contribution in [2.24, 2.45) is 5.41 Å². The summed E-state index contributed by atoms with van der Waals surface area (Å²) in [4.78, 5) is 42.9. The molecule has 4 aliphatic rings. The lowest BCUT2D eigenvalue weighted by Gasteiger charge is -2.46. The number of carbonyl (C=O) groups is 3. The van der Waals surface area contributed by atoms with Crippen molar-refractivity contribution in [2.75, 3.05) is 44.2 Å². The number of imide groups is 1. The van der Waals surface area contributed by atoms with Crippen molar-refractivity contribution in [2.45, 2.75) is 64.0 Å². The predicted molar refractivity (Wildman–Crippen MR) is 129 cm³/mol. The van der Waals surface area contributed by atoms with Crippen LogP contribution in [0, 0.1) is 5.41 Å². The number of benzene rings is 1. The Bertz CT molecular complexity index is 966. The zero-order chi connectivity index (χ0) is 24.1. The lowest BCUT2D eigenvalue weighted by Crippen LogP contribution is -2.59. The van der Waals surface area contributed by atoms with Crippen LogP contribution in [0.1, 0.15) is 57.9 Å². The Hall–Kier alpha value is -2.61. The van der Waals surface area contributed by atoms with Gasteiger partial charge in [0, 0.05) is 56.3 Å². The summed E-state index contributed by atoms with van der Waals surface area (Å²) in [5, 5.41) is 2.44. The minimum Gasteiger partial charge on any atom is -0.444 e. The maximum Gasteiger partial charge on any atom is 0.410 e. The van der Waals surface area contributed by atoms with Crippen LogP contribution in [-0.2, 0) is 14.3 Å². The van der Waals surface area contributed by atoms with E-state index >= 15 is 0 Å². The molecule has 2 unspecified atom stereocenters. The number of rotatable bonds is 3. The number of hydrogen-bond acceptors (Lipinski definition) is 6. The van der Waals surface area contributed by atoms with E-state index < -0.39 is 5.60 Å². The molecule has 1 spiro atoms. The number of piperidine rings is 1. The fraction of sp³-hybridized carbons (Fsp3) is 0.654. The molecule has 1 N–H and O–H groups in total. The highest BCUT2D eigenvalue weighted by Crippen LogP contribution is 2.42. The fourth-order valence-electron chi connectivity index (χ4n) is 5.86. The summed E-state index contributed by atoms with van der Waals surface area (Å²) in [6.07, 6.45) is 3.00. The van der Waals surface area contributed by atoms with Gasteiger partial charge in [0.15, 0.2) is 0 Å². The smallest absolute Gasteiger partial charge is 0.410 e.